The number of rotatable bonds is 9. The van der Waals surface area contributed by atoms with Gasteiger partial charge in [0.25, 0.3) is 0 Å². The van der Waals surface area contributed by atoms with Gasteiger partial charge in [-0.05, 0) is 113 Å². The topological polar surface area (TPSA) is 24.3 Å². The molecule has 4 atom stereocenters. The van der Waals surface area contributed by atoms with E-state index in [1.807, 2.05) is 6.07 Å². The fourth-order valence-corrected chi connectivity index (χ4v) is 8.31. The molecule has 1 aromatic heterocycles. The molecule has 3 aliphatic rings. The molecule has 1 aromatic carbocycles. The minimum absolute atomic E-state index is 0.111. The number of piperidine rings is 1. The predicted octanol–water partition coefficient (Wildman–Crippen LogP) is 6.59. The number of halogens is 1. The number of aryl methyl sites for hydroxylation is 2. The number of fused-ring (bicyclic) bond motifs is 2. The van der Waals surface area contributed by atoms with E-state index in [9.17, 15) is 4.39 Å². The molecule has 2 aromatic rings. The van der Waals surface area contributed by atoms with Gasteiger partial charge in [-0.25, -0.2) is 4.39 Å². The summed E-state index contributed by atoms with van der Waals surface area (Å²) in [6, 6.07) is 8.28. The van der Waals surface area contributed by atoms with Crippen LogP contribution in [0.4, 0.5) is 4.39 Å². The van der Waals surface area contributed by atoms with Crippen LogP contribution in [0, 0.1) is 17.7 Å². The Morgan fingerprint density at radius 1 is 1.18 bits per heavy atom. The van der Waals surface area contributed by atoms with Crippen molar-refractivity contribution in [3.63, 3.8) is 0 Å². The lowest BCUT2D eigenvalue weighted by Gasteiger charge is -2.41. The molecule has 4 nitrogen and oxygen atoms in total. The second-order valence-electron chi connectivity index (χ2n) is 12.7. The first kappa shape index (κ1) is 27.6. The molecule has 0 radical (unpaired) electrons. The standard InChI is InChI=1S/C33H49FN4/c1-7-30-28-13-14-33(32(28)38(9-3)35-30)15-17-37(18-16-33)22-25-20-27(36(6)31(8-2)23(4)5)21-29(25)24-11-10-12-26(34)19-24/h8,10-12,19,23,25,27,29,31H,2,7,9,13-18,20-22H2,1,3-6H3/t25-,27+,29-,31+/m1/s1. The van der Waals surface area contributed by atoms with Crippen molar-refractivity contribution in [2.45, 2.75) is 103 Å². The van der Waals surface area contributed by atoms with Gasteiger partial charge in [0, 0.05) is 36.3 Å². The van der Waals surface area contributed by atoms with Crippen molar-refractivity contribution in [1.82, 2.24) is 19.6 Å². The summed E-state index contributed by atoms with van der Waals surface area (Å²) in [5.41, 5.74) is 5.97. The van der Waals surface area contributed by atoms with E-state index in [1.54, 1.807) is 23.4 Å². The summed E-state index contributed by atoms with van der Waals surface area (Å²) < 4.78 is 16.6. The Morgan fingerprint density at radius 3 is 2.58 bits per heavy atom. The Bertz CT molecular complexity index is 1110. The second-order valence-corrected chi connectivity index (χ2v) is 12.7. The maximum absolute atomic E-state index is 14.3. The van der Waals surface area contributed by atoms with Gasteiger partial charge >= 0.3 is 0 Å². The monoisotopic (exact) mass is 520 g/mol. The minimum atomic E-state index is -0.111. The second kappa shape index (κ2) is 11.3. The van der Waals surface area contributed by atoms with E-state index in [2.05, 4.69) is 67.9 Å². The maximum atomic E-state index is 14.3. The van der Waals surface area contributed by atoms with Crippen molar-refractivity contribution in [2.75, 3.05) is 26.7 Å². The van der Waals surface area contributed by atoms with Crippen molar-refractivity contribution in [2.24, 2.45) is 11.8 Å². The molecular weight excluding hydrogens is 471 g/mol. The van der Waals surface area contributed by atoms with Crippen LogP contribution in [0.15, 0.2) is 36.9 Å². The van der Waals surface area contributed by atoms with E-state index in [4.69, 9.17) is 5.10 Å². The van der Waals surface area contributed by atoms with E-state index in [0.29, 0.717) is 35.3 Å². The van der Waals surface area contributed by atoms with Crippen LogP contribution in [0.3, 0.4) is 0 Å². The first-order chi connectivity index (χ1) is 18.3. The fraction of sp³-hybridized carbons (Fsp3) is 0.667. The van der Waals surface area contributed by atoms with E-state index in [1.165, 1.54) is 43.4 Å². The predicted molar refractivity (Wildman–Crippen MR) is 155 cm³/mol. The number of nitrogens with zero attached hydrogens (tertiary/aromatic N) is 4. The molecule has 0 N–H and O–H groups in total. The van der Waals surface area contributed by atoms with E-state index in [0.717, 1.165) is 39.0 Å². The lowest BCUT2D eigenvalue weighted by Crippen LogP contribution is -2.44. The molecule has 0 bridgehead atoms. The van der Waals surface area contributed by atoms with Gasteiger partial charge in [-0.2, -0.15) is 5.10 Å². The van der Waals surface area contributed by atoms with Crippen molar-refractivity contribution < 1.29 is 4.39 Å². The van der Waals surface area contributed by atoms with Crippen LogP contribution in [0.25, 0.3) is 0 Å². The largest absolute Gasteiger partial charge is 0.303 e. The SMILES string of the molecule is C=C[C@@H](C(C)C)N(C)[C@H]1C[C@H](CN2CCC3(CCc4c(CC)nn(CC)c43)CC2)[C@@H](c2cccc(F)c2)C1. The number of benzene rings is 1. The Labute approximate surface area is 230 Å². The smallest absolute Gasteiger partial charge is 0.123 e. The number of hydrogen-bond donors (Lipinski definition) is 0. The molecule has 2 heterocycles. The van der Waals surface area contributed by atoms with Gasteiger partial charge in [-0.3, -0.25) is 9.58 Å². The lowest BCUT2D eigenvalue weighted by atomic mass is 9.75. The van der Waals surface area contributed by atoms with Crippen molar-refractivity contribution in [3.05, 3.63) is 65.3 Å². The molecule has 5 heteroatoms. The van der Waals surface area contributed by atoms with Crippen molar-refractivity contribution >= 4 is 0 Å². The lowest BCUT2D eigenvalue weighted by molar-refractivity contribution is 0.126. The quantitative estimate of drug-likeness (QED) is 0.349. The van der Waals surface area contributed by atoms with Gasteiger partial charge in [0.1, 0.15) is 5.82 Å². The van der Waals surface area contributed by atoms with Crippen LogP contribution < -0.4 is 0 Å². The number of likely N-dealkylation sites (N-methyl/N-ethyl adjacent to an activating group) is 1. The van der Waals surface area contributed by atoms with Gasteiger partial charge in [-0.15, -0.1) is 6.58 Å². The molecule has 2 fully saturated rings. The van der Waals surface area contributed by atoms with Crippen LogP contribution in [0.5, 0.6) is 0 Å². The zero-order valence-corrected chi connectivity index (χ0v) is 24.4. The summed E-state index contributed by atoms with van der Waals surface area (Å²) >= 11 is 0. The van der Waals surface area contributed by atoms with Crippen LogP contribution in [-0.2, 0) is 24.8 Å². The Balaban J connectivity index is 1.31. The summed E-state index contributed by atoms with van der Waals surface area (Å²) in [5, 5.41) is 4.99. The minimum Gasteiger partial charge on any atom is -0.303 e. The molecule has 2 aliphatic carbocycles. The van der Waals surface area contributed by atoms with Gasteiger partial charge in [0.2, 0.25) is 0 Å². The molecule has 1 saturated carbocycles. The van der Waals surface area contributed by atoms with Gasteiger partial charge in [0.05, 0.1) is 5.69 Å². The van der Waals surface area contributed by atoms with Crippen LogP contribution >= 0.6 is 0 Å². The van der Waals surface area contributed by atoms with Crippen LogP contribution in [0.2, 0.25) is 0 Å². The van der Waals surface area contributed by atoms with Crippen LogP contribution in [-0.4, -0.2) is 58.3 Å². The molecule has 0 unspecified atom stereocenters. The highest BCUT2D eigenvalue weighted by Gasteiger charge is 2.46. The van der Waals surface area contributed by atoms with Gasteiger partial charge in [-0.1, -0.05) is 39.0 Å². The molecular formula is C33H49FN4. The summed E-state index contributed by atoms with van der Waals surface area (Å²) in [4.78, 5) is 5.27. The van der Waals surface area contributed by atoms with Gasteiger partial charge < -0.3 is 4.90 Å². The Morgan fingerprint density at radius 2 is 1.95 bits per heavy atom. The summed E-state index contributed by atoms with van der Waals surface area (Å²) in [5.74, 6) is 1.37. The fourth-order valence-electron chi connectivity index (χ4n) is 8.31. The number of hydrogen-bond acceptors (Lipinski definition) is 3. The Kier molecular flexibility index (Phi) is 8.17. The molecule has 1 saturated heterocycles. The summed E-state index contributed by atoms with van der Waals surface area (Å²) in [6.45, 7) is 17.6. The highest BCUT2D eigenvalue weighted by molar-refractivity contribution is 5.39. The third-order valence-corrected chi connectivity index (χ3v) is 10.3. The van der Waals surface area contributed by atoms with Crippen molar-refractivity contribution in [1.29, 1.82) is 0 Å². The molecule has 5 rings (SSSR count). The average Bonchev–Trinajstić information content (AvgIpc) is 3.60. The molecule has 1 aliphatic heterocycles. The Hall–Kier alpha value is -1.98. The zero-order valence-electron chi connectivity index (χ0n) is 24.4. The van der Waals surface area contributed by atoms with Crippen LogP contribution in [0.1, 0.15) is 88.2 Å². The van der Waals surface area contributed by atoms with E-state index in [-0.39, 0.29) is 5.82 Å². The third kappa shape index (κ3) is 5.01. The average molecular weight is 521 g/mol. The molecule has 0 amide bonds. The van der Waals surface area contributed by atoms with Crippen molar-refractivity contribution in [3.8, 4) is 0 Å². The highest BCUT2D eigenvalue weighted by Crippen LogP contribution is 2.48. The van der Waals surface area contributed by atoms with E-state index >= 15 is 0 Å². The first-order valence-electron chi connectivity index (χ1n) is 15.2. The number of likely N-dealkylation sites (tertiary alicyclic amines) is 1. The zero-order chi connectivity index (χ0) is 27.0. The number of aromatic nitrogens is 2. The van der Waals surface area contributed by atoms with Gasteiger partial charge in [0.15, 0.2) is 0 Å². The third-order valence-electron chi connectivity index (χ3n) is 10.3. The summed E-state index contributed by atoms with van der Waals surface area (Å²) in [6.07, 6.45) is 10.4. The van der Waals surface area contributed by atoms with E-state index < -0.39 is 0 Å². The normalized spacial score (nSPS) is 25.9. The maximum Gasteiger partial charge on any atom is 0.123 e. The highest BCUT2D eigenvalue weighted by atomic mass is 19.1. The molecule has 208 valence electrons. The molecule has 1 spiro atoms. The molecule has 38 heavy (non-hydrogen) atoms. The first-order valence-corrected chi connectivity index (χ1v) is 15.2. The summed E-state index contributed by atoms with van der Waals surface area (Å²) in [7, 11) is 2.27.